The molecule has 1 saturated heterocycles. The first kappa shape index (κ1) is 21.1. The SMILES string of the molecule is CC1(C)OB(c2cnc(N=N)c(NCOCCS(C)(C)C)c2)OC1(C)C. The molecule has 0 spiro atoms. The van der Waals surface area contributed by atoms with Crippen molar-refractivity contribution < 1.29 is 14.0 Å². The summed E-state index contributed by atoms with van der Waals surface area (Å²) in [5, 5.41) is 6.63. The van der Waals surface area contributed by atoms with Gasteiger partial charge in [0, 0.05) is 17.4 Å². The van der Waals surface area contributed by atoms with Crippen LogP contribution in [0, 0.1) is 5.53 Å². The maximum atomic E-state index is 7.31. The van der Waals surface area contributed by atoms with Gasteiger partial charge in [-0.3, -0.25) is 0 Å². The van der Waals surface area contributed by atoms with Crippen LogP contribution in [0.2, 0.25) is 0 Å². The molecule has 0 saturated carbocycles. The first-order chi connectivity index (χ1) is 12.0. The van der Waals surface area contributed by atoms with E-state index in [0.29, 0.717) is 24.8 Å². The molecule has 1 aromatic rings. The number of hydrogen-bond acceptors (Lipinski definition) is 7. The third-order valence-corrected chi connectivity index (χ3v) is 6.12. The van der Waals surface area contributed by atoms with Gasteiger partial charge < -0.3 is 19.4 Å². The molecular formula is C17H31BN4O3S. The zero-order valence-corrected chi connectivity index (χ0v) is 17.7. The summed E-state index contributed by atoms with van der Waals surface area (Å²) < 4.78 is 17.8. The molecule has 7 nitrogen and oxygen atoms in total. The number of nitrogens with zero attached hydrogens (tertiary/aromatic N) is 2. The predicted octanol–water partition coefficient (Wildman–Crippen LogP) is 3.12. The Morgan fingerprint density at radius 3 is 2.38 bits per heavy atom. The largest absolute Gasteiger partial charge is 0.496 e. The molecule has 1 aliphatic rings. The lowest BCUT2D eigenvalue weighted by molar-refractivity contribution is 0.00578. The highest BCUT2D eigenvalue weighted by atomic mass is 32.3. The van der Waals surface area contributed by atoms with Crippen LogP contribution in [0.25, 0.3) is 0 Å². The van der Waals surface area contributed by atoms with Gasteiger partial charge in [-0.1, -0.05) is 0 Å². The summed E-state index contributed by atoms with van der Waals surface area (Å²) in [5.74, 6) is 1.37. The van der Waals surface area contributed by atoms with Crippen LogP contribution in [0.5, 0.6) is 0 Å². The number of anilines is 1. The summed E-state index contributed by atoms with van der Waals surface area (Å²) >= 11 is 0. The van der Waals surface area contributed by atoms with Gasteiger partial charge in [0.25, 0.3) is 0 Å². The lowest BCUT2D eigenvalue weighted by Crippen LogP contribution is -2.41. The molecule has 2 rings (SSSR count). The number of hydrogen-bond donors (Lipinski definition) is 2. The number of ether oxygens (including phenoxy) is 1. The van der Waals surface area contributed by atoms with Crippen LogP contribution >= 0.6 is 10.0 Å². The first-order valence-corrected chi connectivity index (χ1v) is 11.7. The highest BCUT2D eigenvalue weighted by Gasteiger charge is 2.51. The minimum Gasteiger partial charge on any atom is -0.399 e. The first-order valence-electron chi connectivity index (χ1n) is 8.66. The van der Waals surface area contributed by atoms with Crippen LogP contribution in [0.1, 0.15) is 27.7 Å². The summed E-state index contributed by atoms with van der Waals surface area (Å²) in [6.45, 7) is 9.09. The Morgan fingerprint density at radius 1 is 1.23 bits per heavy atom. The van der Waals surface area contributed by atoms with Gasteiger partial charge in [-0.15, -0.1) is 5.11 Å². The van der Waals surface area contributed by atoms with E-state index in [1.54, 1.807) is 6.20 Å². The van der Waals surface area contributed by atoms with E-state index >= 15 is 0 Å². The quantitative estimate of drug-likeness (QED) is 0.312. The van der Waals surface area contributed by atoms with Gasteiger partial charge >= 0.3 is 7.12 Å². The van der Waals surface area contributed by atoms with Crippen molar-refractivity contribution in [3.8, 4) is 0 Å². The number of aromatic nitrogens is 1. The molecule has 2 N–H and O–H groups in total. The Labute approximate surface area is 158 Å². The maximum Gasteiger partial charge on any atom is 0.496 e. The van der Waals surface area contributed by atoms with Crippen LogP contribution in [-0.4, -0.2) is 61.2 Å². The van der Waals surface area contributed by atoms with E-state index in [2.05, 4.69) is 34.2 Å². The third-order valence-electron chi connectivity index (χ3n) is 4.72. The van der Waals surface area contributed by atoms with E-state index in [9.17, 15) is 0 Å². The number of nitrogens with one attached hydrogen (secondary N) is 2. The minimum atomic E-state index is -0.569. The highest BCUT2D eigenvalue weighted by molar-refractivity contribution is 8.32. The Bertz CT molecular complexity index is 633. The molecule has 26 heavy (non-hydrogen) atoms. The number of pyridine rings is 1. The Morgan fingerprint density at radius 2 is 1.85 bits per heavy atom. The smallest absolute Gasteiger partial charge is 0.399 e. The lowest BCUT2D eigenvalue weighted by Gasteiger charge is -2.32. The van der Waals surface area contributed by atoms with E-state index in [-0.39, 0.29) is 0 Å². The van der Waals surface area contributed by atoms with Crippen molar-refractivity contribution >= 4 is 34.1 Å². The third kappa shape index (κ3) is 5.19. The molecule has 1 aromatic heterocycles. The fourth-order valence-electron chi connectivity index (χ4n) is 2.31. The van der Waals surface area contributed by atoms with Crippen molar-refractivity contribution in [3.05, 3.63) is 12.3 Å². The molecule has 0 aliphatic carbocycles. The fourth-order valence-corrected chi connectivity index (χ4v) is 2.93. The fraction of sp³-hybridized carbons (Fsp3) is 0.706. The van der Waals surface area contributed by atoms with Crippen LogP contribution in [0.15, 0.2) is 17.4 Å². The van der Waals surface area contributed by atoms with E-state index in [1.165, 1.54) is 0 Å². The zero-order chi connectivity index (χ0) is 19.6. The van der Waals surface area contributed by atoms with Crippen molar-refractivity contribution in [1.82, 2.24) is 4.98 Å². The van der Waals surface area contributed by atoms with Gasteiger partial charge in [0.05, 0.1) is 23.5 Å². The topological polar surface area (TPSA) is 88.8 Å². The Kier molecular flexibility index (Phi) is 6.38. The van der Waals surface area contributed by atoms with Gasteiger partial charge in [-0.25, -0.2) is 20.5 Å². The van der Waals surface area contributed by atoms with Crippen molar-refractivity contribution in [2.75, 3.05) is 43.2 Å². The summed E-state index contributed by atoms with van der Waals surface area (Å²) in [6.07, 6.45) is 8.43. The van der Waals surface area contributed by atoms with Crippen LogP contribution in [0.4, 0.5) is 11.5 Å². The van der Waals surface area contributed by atoms with Gasteiger partial charge in [-0.05, 0) is 52.5 Å². The van der Waals surface area contributed by atoms with E-state index in [1.807, 2.05) is 33.8 Å². The second kappa shape index (κ2) is 7.84. The van der Waals surface area contributed by atoms with Crippen LogP contribution < -0.4 is 10.8 Å². The minimum absolute atomic E-state index is 0.315. The average molecular weight is 382 g/mol. The molecular weight excluding hydrogens is 351 g/mol. The van der Waals surface area contributed by atoms with Crippen molar-refractivity contribution in [2.24, 2.45) is 5.11 Å². The van der Waals surface area contributed by atoms with Gasteiger partial charge in [0.2, 0.25) is 0 Å². The standard InChI is InChI=1S/C17H31BN4O3S/c1-16(2)17(3,4)25-18(24-16)13-10-14(15(22-19)20-11-13)21-12-23-8-9-26(5,6)7/h10-11,19,21H,8-9,12H2,1-7H3. The molecule has 1 aliphatic heterocycles. The van der Waals surface area contributed by atoms with E-state index in [0.717, 1.165) is 11.2 Å². The normalized spacial score (nSPS) is 19.4. The molecule has 9 heteroatoms. The molecule has 2 heterocycles. The average Bonchev–Trinajstić information content (AvgIpc) is 2.74. The molecule has 0 amide bonds. The number of rotatable bonds is 8. The molecule has 0 aromatic carbocycles. The zero-order valence-electron chi connectivity index (χ0n) is 16.9. The van der Waals surface area contributed by atoms with Crippen molar-refractivity contribution in [1.29, 1.82) is 5.53 Å². The molecule has 0 atom stereocenters. The Hall–Kier alpha value is -1.16. The second-order valence-corrected chi connectivity index (χ2v) is 13.0. The molecule has 0 radical (unpaired) electrons. The van der Waals surface area contributed by atoms with Gasteiger partial charge in [0.15, 0.2) is 5.82 Å². The van der Waals surface area contributed by atoms with Gasteiger partial charge in [-0.2, -0.15) is 0 Å². The van der Waals surface area contributed by atoms with Crippen molar-refractivity contribution in [2.45, 2.75) is 38.9 Å². The Balaban J connectivity index is 2.03. The highest BCUT2D eigenvalue weighted by Crippen LogP contribution is 2.37. The second-order valence-electron chi connectivity index (χ2n) is 8.36. The lowest BCUT2D eigenvalue weighted by atomic mass is 9.80. The predicted molar refractivity (Wildman–Crippen MR) is 109 cm³/mol. The van der Waals surface area contributed by atoms with Crippen LogP contribution in [0.3, 0.4) is 0 Å². The molecule has 0 bridgehead atoms. The summed E-state index contributed by atoms with van der Waals surface area (Å²) in [7, 11) is -1.07. The van der Waals surface area contributed by atoms with E-state index < -0.39 is 28.3 Å². The summed E-state index contributed by atoms with van der Waals surface area (Å²) in [4.78, 5) is 4.25. The van der Waals surface area contributed by atoms with E-state index in [4.69, 9.17) is 19.6 Å². The van der Waals surface area contributed by atoms with Crippen LogP contribution in [-0.2, 0) is 14.0 Å². The molecule has 146 valence electrons. The van der Waals surface area contributed by atoms with Gasteiger partial charge in [0.1, 0.15) is 6.73 Å². The monoisotopic (exact) mass is 382 g/mol. The summed E-state index contributed by atoms with van der Waals surface area (Å²) in [5.41, 5.74) is 7.91. The summed E-state index contributed by atoms with van der Waals surface area (Å²) in [6, 6.07) is 1.86. The molecule has 1 fully saturated rings. The maximum absolute atomic E-state index is 7.31. The molecule has 0 unspecified atom stereocenters. The van der Waals surface area contributed by atoms with Crippen molar-refractivity contribution in [3.63, 3.8) is 0 Å².